The van der Waals surface area contributed by atoms with Gasteiger partial charge in [0.05, 0.1) is 6.54 Å². The number of nitrogens with zero attached hydrogens (tertiary/aromatic N) is 3. The zero-order valence-electron chi connectivity index (χ0n) is 24.2. The minimum absolute atomic E-state index is 0.0972. The average molecular weight is 547 g/mol. The summed E-state index contributed by atoms with van der Waals surface area (Å²) in [6, 6.07) is 0. The summed E-state index contributed by atoms with van der Waals surface area (Å²) in [5.74, 6) is -0.00878. The van der Waals surface area contributed by atoms with Gasteiger partial charge in [0.25, 0.3) is 0 Å². The number of nitrogens with one attached hydrogen (secondary N) is 1. The van der Waals surface area contributed by atoms with Crippen LogP contribution in [0.4, 0.5) is 0 Å². The number of hydrogen-bond acceptors (Lipinski definition) is 6. The van der Waals surface area contributed by atoms with Crippen LogP contribution in [0.5, 0.6) is 0 Å². The van der Waals surface area contributed by atoms with Crippen molar-refractivity contribution in [2.75, 3.05) is 46.4 Å². The molecule has 1 N–H and O–H groups in total. The lowest BCUT2D eigenvalue weighted by molar-refractivity contribution is -0.141. The molecule has 3 heterocycles. The molecule has 3 aliphatic rings. The lowest BCUT2D eigenvalue weighted by Crippen LogP contribution is -2.29. The number of amides is 4. The summed E-state index contributed by atoms with van der Waals surface area (Å²) < 4.78 is 4.88. The fraction of sp³-hybridized carbons (Fsp3) is 0.552. The fourth-order valence-electron chi connectivity index (χ4n) is 3.58. The molecular weight excluding hydrogens is 500 g/mol. The topological polar surface area (TPSA) is 116 Å². The van der Waals surface area contributed by atoms with E-state index in [-0.39, 0.29) is 30.2 Å². The first-order valence-electron chi connectivity index (χ1n) is 13.2. The highest BCUT2D eigenvalue weighted by Crippen LogP contribution is 2.10. The molecule has 10 heteroatoms. The third kappa shape index (κ3) is 14.7. The number of hydrogen-bond donors (Lipinski definition) is 1. The highest BCUT2D eigenvalue weighted by molar-refractivity contribution is 5.92. The van der Waals surface area contributed by atoms with Gasteiger partial charge in [-0.05, 0) is 52.7 Å². The van der Waals surface area contributed by atoms with Crippen LogP contribution in [0.1, 0.15) is 59.3 Å². The Labute approximate surface area is 233 Å². The lowest BCUT2D eigenvalue weighted by atomic mass is 10.3. The summed E-state index contributed by atoms with van der Waals surface area (Å²) in [6.07, 6.45) is 7.12. The molecule has 3 aliphatic heterocycles. The first kappa shape index (κ1) is 35.3. The molecule has 218 valence electrons. The second-order valence-electron chi connectivity index (χ2n) is 9.41. The maximum Gasteiger partial charge on any atom is 0.333 e. The van der Waals surface area contributed by atoms with Crippen molar-refractivity contribution in [2.24, 2.45) is 0 Å². The molecular formula is C29H46N4O6. The van der Waals surface area contributed by atoms with Gasteiger partial charge < -0.3 is 24.8 Å². The van der Waals surface area contributed by atoms with Crippen LogP contribution in [0.3, 0.4) is 0 Å². The van der Waals surface area contributed by atoms with E-state index < -0.39 is 5.97 Å². The second-order valence-corrected chi connectivity index (χ2v) is 9.41. The van der Waals surface area contributed by atoms with Gasteiger partial charge in [-0.25, -0.2) is 4.79 Å². The quantitative estimate of drug-likeness (QED) is 0.388. The Bertz CT molecular complexity index is 921. The molecule has 0 aliphatic carbocycles. The monoisotopic (exact) mass is 546 g/mol. The van der Waals surface area contributed by atoms with Crippen LogP contribution in [0.15, 0.2) is 49.2 Å². The Hall–Kier alpha value is -3.69. The Morgan fingerprint density at radius 3 is 1.74 bits per heavy atom. The molecule has 0 spiro atoms. The van der Waals surface area contributed by atoms with Gasteiger partial charge in [-0.1, -0.05) is 26.3 Å². The fourth-order valence-corrected chi connectivity index (χ4v) is 3.58. The highest BCUT2D eigenvalue weighted by Gasteiger charge is 2.20. The van der Waals surface area contributed by atoms with E-state index in [0.29, 0.717) is 36.1 Å². The van der Waals surface area contributed by atoms with E-state index in [0.717, 1.165) is 51.9 Å². The second kappa shape index (κ2) is 19.4. The van der Waals surface area contributed by atoms with E-state index >= 15 is 0 Å². The van der Waals surface area contributed by atoms with Gasteiger partial charge in [-0.2, -0.15) is 0 Å². The third-order valence-electron chi connectivity index (χ3n) is 5.82. The third-order valence-corrected chi connectivity index (χ3v) is 5.82. The van der Waals surface area contributed by atoms with Crippen LogP contribution in [0, 0.1) is 0 Å². The van der Waals surface area contributed by atoms with Crippen LogP contribution < -0.4 is 5.32 Å². The average Bonchev–Trinajstić information content (AvgIpc) is 3.67. The maximum absolute atomic E-state index is 11.2. The Morgan fingerprint density at radius 1 is 0.846 bits per heavy atom. The van der Waals surface area contributed by atoms with Crippen LogP contribution in [-0.2, 0) is 28.7 Å². The number of likely N-dealkylation sites (N-methyl/N-ethyl adjacent to an activating group) is 1. The van der Waals surface area contributed by atoms with E-state index in [1.807, 2.05) is 4.90 Å². The molecule has 3 rings (SSSR count). The number of esters is 1. The largest absolute Gasteiger partial charge is 0.460 e. The summed E-state index contributed by atoms with van der Waals surface area (Å²) in [4.78, 5) is 59.5. The van der Waals surface area contributed by atoms with Gasteiger partial charge in [-0.3, -0.25) is 19.2 Å². The molecule has 10 nitrogen and oxygen atoms in total. The first-order chi connectivity index (χ1) is 18.3. The summed E-state index contributed by atoms with van der Waals surface area (Å²) >= 11 is 0. The molecule has 0 bridgehead atoms. The molecule has 0 aromatic rings. The number of carbonyl (C=O) groups is 5. The van der Waals surface area contributed by atoms with Crippen LogP contribution in [0.2, 0.25) is 0 Å². The number of likely N-dealkylation sites (tertiary alicyclic amines) is 3. The van der Waals surface area contributed by atoms with Gasteiger partial charge in [0.15, 0.2) is 0 Å². The van der Waals surface area contributed by atoms with Gasteiger partial charge in [0.1, 0.15) is 6.61 Å². The first-order valence-corrected chi connectivity index (χ1v) is 13.2. The zero-order valence-corrected chi connectivity index (χ0v) is 24.2. The summed E-state index contributed by atoms with van der Waals surface area (Å²) in [5, 5.41) is 2.43. The lowest BCUT2D eigenvalue weighted by Gasteiger charge is -2.14. The molecule has 0 aromatic carbocycles. The Balaban J connectivity index is 0.000000513. The van der Waals surface area contributed by atoms with Crippen LogP contribution >= 0.6 is 0 Å². The molecule has 4 amide bonds. The molecule has 0 radical (unpaired) electrons. The van der Waals surface area contributed by atoms with Crippen molar-refractivity contribution in [1.29, 1.82) is 0 Å². The Morgan fingerprint density at radius 2 is 1.41 bits per heavy atom. The molecule has 0 saturated carbocycles. The minimum Gasteiger partial charge on any atom is -0.460 e. The number of carbonyl (C=O) groups excluding carboxylic acids is 5. The van der Waals surface area contributed by atoms with Crippen molar-refractivity contribution in [1.82, 2.24) is 20.0 Å². The van der Waals surface area contributed by atoms with Crippen molar-refractivity contribution >= 4 is 29.6 Å². The summed E-state index contributed by atoms with van der Waals surface area (Å²) in [7, 11) is 1.58. The molecule has 0 unspecified atom stereocenters. The standard InChI is InChI=1S/C10H15NO3.C8H13NO.C6H9NO.C5H9NO/c1-8(2)10(13)14-7-6-11-5-3-4-9(11)12;1-7(2)8(10)9-5-3-4-6-9;1-2-7-5-3-4-6(7)8;1-4(2)5(7)6-3/h1,3-7H2,2H3;1,3-6H2,2H3;2H,1,3-5H2;1H2,2-3H3,(H,6,7). The zero-order chi connectivity index (χ0) is 30.0. The van der Waals surface area contributed by atoms with Crippen molar-refractivity contribution in [3.63, 3.8) is 0 Å². The smallest absolute Gasteiger partial charge is 0.333 e. The van der Waals surface area contributed by atoms with E-state index in [9.17, 15) is 24.0 Å². The number of ether oxygens (including phenoxy) is 1. The van der Waals surface area contributed by atoms with Crippen LogP contribution in [-0.4, -0.2) is 90.7 Å². The van der Waals surface area contributed by atoms with Crippen molar-refractivity contribution in [3.8, 4) is 0 Å². The molecule has 0 atom stereocenters. The SMILES string of the molecule is C=C(C)C(=O)N1CCCC1.C=C(C)C(=O)NC.C=C(C)C(=O)OCCN1CCCC1=O.C=CN1CCCC1=O. The molecule has 3 saturated heterocycles. The van der Waals surface area contributed by atoms with Gasteiger partial charge in [0.2, 0.25) is 23.6 Å². The summed E-state index contributed by atoms with van der Waals surface area (Å²) in [6.45, 7) is 23.3. The van der Waals surface area contributed by atoms with Crippen molar-refractivity contribution in [3.05, 3.63) is 49.2 Å². The molecule has 0 aromatic heterocycles. The molecule has 3 fully saturated rings. The van der Waals surface area contributed by atoms with Gasteiger partial charge in [0, 0.05) is 62.8 Å². The predicted molar refractivity (Wildman–Crippen MR) is 152 cm³/mol. The van der Waals surface area contributed by atoms with Crippen LogP contribution in [0.25, 0.3) is 0 Å². The van der Waals surface area contributed by atoms with Gasteiger partial charge in [-0.15, -0.1) is 0 Å². The van der Waals surface area contributed by atoms with E-state index in [2.05, 4.69) is 31.6 Å². The van der Waals surface area contributed by atoms with E-state index in [1.54, 1.807) is 43.8 Å². The molecule has 39 heavy (non-hydrogen) atoms. The van der Waals surface area contributed by atoms with Crippen molar-refractivity contribution < 1.29 is 28.7 Å². The van der Waals surface area contributed by atoms with E-state index in [4.69, 9.17) is 4.74 Å². The minimum atomic E-state index is -0.392. The summed E-state index contributed by atoms with van der Waals surface area (Å²) in [5.41, 5.74) is 1.59. The maximum atomic E-state index is 11.2. The van der Waals surface area contributed by atoms with E-state index in [1.165, 1.54) is 0 Å². The van der Waals surface area contributed by atoms with Crippen molar-refractivity contribution in [2.45, 2.75) is 59.3 Å². The highest BCUT2D eigenvalue weighted by atomic mass is 16.5. The predicted octanol–water partition coefficient (Wildman–Crippen LogP) is 2.97. The normalized spacial score (nSPS) is 15.5. The van der Waals surface area contributed by atoms with Gasteiger partial charge >= 0.3 is 5.97 Å². The number of rotatable bonds is 7. The Kier molecular flexibility index (Phi) is 17.6.